The average Bonchev–Trinajstić information content (AvgIpc) is 2.49. The predicted octanol–water partition coefficient (Wildman–Crippen LogP) is 3.01. The molecular formula is C13H22O2. The zero-order valence-electron chi connectivity index (χ0n) is 10.3. The molecule has 0 amide bonds. The van der Waals surface area contributed by atoms with Crippen molar-refractivity contribution in [3.63, 3.8) is 0 Å². The topological polar surface area (TPSA) is 26.3 Å². The fourth-order valence-electron chi connectivity index (χ4n) is 3.80. The number of ether oxygens (including phenoxy) is 1. The van der Waals surface area contributed by atoms with Crippen LogP contribution in [0.3, 0.4) is 0 Å². The molecule has 3 atom stereocenters. The Bertz CT molecular complexity index is 280. The second kappa shape index (κ2) is 3.23. The van der Waals surface area contributed by atoms with Gasteiger partial charge in [0.2, 0.25) is 0 Å². The van der Waals surface area contributed by atoms with Crippen LogP contribution in [0.15, 0.2) is 0 Å². The fraction of sp³-hybridized carbons (Fsp3) is 0.923. The molecule has 0 aromatic heterocycles. The van der Waals surface area contributed by atoms with Crippen LogP contribution in [0.25, 0.3) is 0 Å². The minimum Gasteiger partial charge on any atom is -0.466 e. The Labute approximate surface area is 92.4 Å². The first-order valence-electron chi connectivity index (χ1n) is 6.09. The highest BCUT2D eigenvalue weighted by atomic mass is 16.5. The Morgan fingerprint density at radius 2 is 2.07 bits per heavy atom. The molecule has 2 aliphatic carbocycles. The van der Waals surface area contributed by atoms with Gasteiger partial charge in [0.25, 0.3) is 0 Å². The number of fused-ring (bicyclic) bond motifs is 2. The van der Waals surface area contributed by atoms with Crippen molar-refractivity contribution < 1.29 is 9.53 Å². The maximum absolute atomic E-state index is 11.8. The number of hydrogen-bond acceptors (Lipinski definition) is 2. The first kappa shape index (κ1) is 11.0. The minimum absolute atomic E-state index is 0.0407. The summed E-state index contributed by atoms with van der Waals surface area (Å²) in [5.41, 5.74) is 0.666. The van der Waals surface area contributed by atoms with Gasteiger partial charge in [0.15, 0.2) is 0 Å². The predicted molar refractivity (Wildman–Crippen MR) is 59.4 cm³/mol. The summed E-state index contributed by atoms with van der Waals surface area (Å²) < 4.78 is 5.18. The summed E-state index contributed by atoms with van der Waals surface area (Å²) in [4.78, 5) is 11.8. The molecule has 0 aromatic rings. The van der Waals surface area contributed by atoms with Crippen molar-refractivity contribution in [2.45, 2.75) is 47.0 Å². The van der Waals surface area contributed by atoms with Gasteiger partial charge < -0.3 is 4.74 Å². The zero-order valence-corrected chi connectivity index (χ0v) is 10.3. The molecule has 2 rings (SSSR count). The Hall–Kier alpha value is -0.530. The molecular weight excluding hydrogens is 188 g/mol. The normalized spacial score (nSPS) is 41.9. The van der Waals surface area contributed by atoms with Crippen LogP contribution in [0.5, 0.6) is 0 Å². The molecule has 2 heteroatoms. The van der Waals surface area contributed by atoms with Gasteiger partial charge in [0, 0.05) is 0 Å². The quantitative estimate of drug-likeness (QED) is 0.655. The Morgan fingerprint density at radius 1 is 1.40 bits per heavy atom. The van der Waals surface area contributed by atoms with Gasteiger partial charge in [-0.1, -0.05) is 20.8 Å². The van der Waals surface area contributed by atoms with Crippen LogP contribution in [0.2, 0.25) is 0 Å². The van der Waals surface area contributed by atoms with E-state index in [1.165, 1.54) is 12.8 Å². The monoisotopic (exact) mass is 210 g/mol. The van der Waals surface area contributed by atoms with E-state index in [0.717, 1.165) is 6.42 Å². The second-order valence-corrected chi connectivity index (χ2v) is 5.99. The number of hydrogen-bond donors (Lipinski definition) is 0. The Kier molecular flexibility index (Phi) is 2.36. The molecule has 0 radical (unpaired) electrons. The van der Waals surface area contributed by atoms with E-state index < -0.39 is 0 Å². The number of carbonyl (C=O) groups is 1. The molecule has 0 aliphatic heterocycles. The highest BCUT2D eigenvalue weighted by Crippen LogP contribution is 2.67. The van der Waals surface area contributed by atoms with Crippen molar-refractivity contribution in [2.24, 2.45) is 22.7 Å². The standard InChI is InChI=1S/C13H22O2/c1-5-15-11(14)9-8-13(4)7-6-10(9)12(13,2)3/h9-10H,5-8H2,1-4H3. The first-order valence-corrected chi connectivity index (χ1v) is 6.09. The largest absolute Gasteiger partial charge is 0.466 e. The molecule has 0 spiro atoms. The van der Waals surface area contributed by atoms with E-state index in [4.69, 9.17) is 4.74 Å². The number of esters is 1. The smallest absolute Gasteiger partial charge is 0.309 e. The maximum atomic E-state index is 11.8. The second-order valence-electron chi connectivity index (χ2n) is 5.99. The summed E-state index contributed by atoms with van der Waals surface area (Å²) >= 11 is 0. The number of carbonyl (C=O) groups excluding carboxylic acids is 1. The van der Waals surface area contributed by atoms with Crippen molar-refractivity contribution >= 4 is 5.97 Å². The molecule has 2 saturated carbocycles. The van der Waals surface area contributed by atoms with Gasteiger partial charge in [-0.2, -0.15) is 0 Å². The van der Waals surface area contributed by atoms with Gasteiger partial charge >= 0.3 is 5.97 Å². The lowest BCUT2D eigenvalue weighted by atomic mass is 9.71. The van der Waals surface area contributed by atoms with Gasteiger partial charge in [0.05, 0.1) is 12.5 Å². The van der Waals surface area contributed by atoms with Gasteiger partial charge in [0.1, 0.15) is 0 Å². The van der Waals surface area contributed by atoms with Crippen molar-refractivity contribution in [3.8, 4) is 0 Å². The van der Waals surface area contributed by atoms with Crippen LogP contribution in [0.1, 0.15) is 47.0 Å². The maximum Gasteiger partial charge on any atom is 0.309 e. The molecule has 0 saturated heterocycles. The molecule has 2 nitrogen and oxygen atoms in total. The molecule has 2 fully saturated rings. The van der Waals surface area contributed by atoms with Gasteiger partial charge in [-0.05, 0) is 42.9 Å². The SMILES string of the molecule is CCOC(=O)C1CC2(C)CCC1C2(C)C. The third-order valence-corrected chi connectivity index (χ3v) is 5.24. The summed E-state index contributed by atoms with van der Waals surface area (Å²) in [7, 11) is 0. The Balaban J connectivity index is 2.18. The average molecular weight is 210 g/mol. The summed E-state index contributed by atoms with van der Waals surface area (Å²) in [6, 6.07) is 0. The van der Waals surface area contributed by atoms with Crippen LogP contribution in [-0.2, 0) is 9.53 Å². The van der Waals surface area contributed by atoms with E-state index >= 15 is 0 Å². The van der Waals surface area contributed by atoms with Crippen LogP contribution in [0, 0.1) is 22.7 Å². The Morgan fingerprint density at radius 3 is 2.47 bits per heavy atom. The van der Waals surface area contributed by atoms with Crippen LogP contribution in [0.4, 0.5) is 0 Å². The van der Waals surface area contributed by atoms with Crippen LogP contribution < -0.4 is 0 Å². The third kappa shape index (κ3) is 1.33. The first-order chi connectivity index (χ1) is 6.92. The van der Waals surface area contributed by atoms with Gasteiger partial charge in [-0.15, -0.1) is 0 Å². The molecule has 0 heterocycles. The van der Waals surface area contributed by atoms with Crippen LogP contribution in [-0.4, -0.2) is 12.6 Å². The summed E-state index contributed by atoms with van der Waals surface area (Å²) in [5.74, 6) is 0.749. The summed E-state index contributed by atoms with van der Waals surface area (Å²) in [5, 5.41) is 0. The van der Waals surface area contributed by atoms with E-state index in [9.17, 15) is 4.79 Å². The van der Waals surface area contributed by atoms with E-state index in [0.29, 0.717) is 23.4 Å². The summed E-state index contributed by atoms with van der Waals surface area (Å²) in [6.07, 6.45) is 3.51. The van der Waals surface area contributed by atoms with Crippen molar-refractivity contribution in [3.05, 3.63) is 0 Å². The molecule has 86 valence electrons. The molecule has 15 heavy (non-hydrogen) atoms. The van der Waals surface area contributed by atoms with Gasteiger partial charge in [-0.3, -0.25) is 4.79 Å². The van der Waals surface area contributed by atoms with E-state index in [-0.39, 0.29) is 11.9 Å². The number of rotatable bonds is 2. The lowest BCUT2D eigenvalue weighted by Gasteiger charge is -2.34. The highest BCUT2D eigenvalue weighted by molar-refractivity contribution is 5.74. The van der Waals surface area contributed by atoms with Crippen LogP contribution >= 0.6 is 0 Å². The summed E-state index contributed by atoms with van der Waals surface area (Å²) in [6.45, 7) is 9.39. The molecule has 2 bridgehead atoms. The highest BCUT2D eigenvalue weighted by Gasteiger charge is 2.62. The molecule has 0 aromatic carbocycles. The van der Waals surface area contributed by atoms with Crippen molar-refractivity contribution in [1.82, 2.24) is 0 Å². The van der Waals surface area contributed by atoms with Crippen molar-refractivity contribution in [1.29, 1.82) is 0 Å². The van der Waals surface area contributed by atoms with Crippen molar-refractivity contribution in [2.75, 3.05) is 6.61 Å². The fourth-order valence-corrected chi connectivity index (χ4v) is 3.80. The third-order valence-electron chi connectivity index (χ3n) is 5.24. The molecule has 0 N–H and O–H groups in total. The van der Waals surface area contributed by atoms with E-state index in [1.54, 1.807) is 0 Å². The van der Waals surface area contributed by atoms with E-state index in [1.807, 2.05) is 6.92 Å². The van der Waals surface area contributed by atoms with Gasteiger partial charge in [-0.25, -0.2) is 0 Å². The zero-order chi connectivity index (χ0) is 11.3. The molecule has 2 aliphatic rings. The lowest BCUT2D eigenvalue weighted by Crippen LogP contribution is -2.27. The lowest BCUT2D eigenvalue weighted by molar-refractivity contribution is -0.150. The molecule has 3 unspecified atom stereocenters. The minimum atomic E-state index is 0.0407. The van der Waals surface area contributed by atoms with E-state index in [2.05, 4.69) is 20.8 Å².